The van der Waals surface area contributed by atoms with Gasteiger partial charge in [0, 0.05) is 18.8 Å². The van der Waals surface area contributed by atoms with Gasteiger partial charge in [-0.05, 0) is 57.9 Å². The lowest BCUT2D eigenvalue weighted by molar-refractivity contribution is -0.0379. The average molecular weight is 317 g/mol. The summed E-state index contributed by atoms with van der Waals surface area (Å²) in [6.45, 7) is 8.18. The highest BCUT2D eigenvalue weighted by Crippen LogP contribution is 2.35. The summed E-state index contributed by atoms with van der Waals surface area (Å²) in [4.78, 5) is 16.6. The molecule has 2 unspecified atom stereocenters. The van der Waals surface area contributed by atoms with E-state index in [-0.39, 0.29) is 18.2 Å². The number of nitrogens with zero attached hydrogens (tertiary/aromatic N) is 2. The normalized spacial score (nSPS) is 23.5. The van der Waals surface area contributed by atoms with Crippen molar-refractivity contribution >= 4 is 11.8 Å². The number of hydrogen-bond acceptors (Lipinski definition) is 4. The number of ether oxygens (including phenoxy) is 1. The number of amides is 1. The smallest absolute Gasteiger partial charge is 0.410 e. The highest BCUT2D eigenvalue weighted by molar-refractivity contribution is 5.71. The third-order valence-electron chi connectivity index (χ3n) is 4.53. The Morgan fingerprint density at radius 3 is 2.35 bits per heavy atom. The summed E-state index contributed by atoms with van der Waals surface area (Å²) in [5.74, 6) is 0. The lowest BCUT2D eigenvalue weighted by atomic mass is 9.87. The van der Waals surface area contributed by atoms with Crippen LogP contribution in [-0.4, -0.2) is 48.3 Å². The van der Waals surface area contributed by atoms with Crippen LogP contribution in [0.3, 0.4) is 0 Å². The van der Waals surface area contributed by atoms with Gasteiger partial charge in [-0.2, -0.15) is 0 Å². The summed E-state index contributed by atoms with van der Waals surface area (Å²) in [5, 5.41) is 0. The van der Waals surface area contributed by atoms with Crippen molar-refractivity contribution in [3.8, 4) is 0 Å². The molecule has 23 heavy (non-hydrogen) atoms. The predicted octanol–water partition coefficient (Wildman–Crippen LogP) is 2.39. The van der Waals surface area contributed by atoms with E-state index in [0.717, 1.165) is 25.9 Å². The molecule has 5 nitrogen and oxygen atoms in total. The molecule has 3 aliphatic heterocycles. The summed E-state index contributed by atoms with van der Waals surface area (Å²) >= 11 is 0. The van der Waals surface area contributed by atoms with Crippen molar-refractivity contribution in [3.63, 3.8) is 0 Å². The van der Waals surface area contributed by atoms with Crippen LogP contribution in [0.4, 0.5) is 10.5 Å². The topological polar surface area (TPSA) is 58.8 Å². The van der Waals surface area contributed by atoms with E-state index in [0.29, 0.717) is 6.54 Å². The Morgan fingerprint density at radius 1 is 1.22 bits per heavy atom. The maximum Gasteiger partial charge on any atom is 0.410 e. The van der Waals surface area contributed by atoms with Crippen LogP contribution in [0.25, 0.3) is 0 Å². The van der Waals surface area contributed by atoms with Crippen LogP contribution in [-0.2, 0) is 11.2 Å². The van der Waals surface area contributed by atoms with Crippen LogP contribution in [0.15, 0.2) is 24.3 Å². The molecule has 1 aromatic carbocycles. The van der Waals surface area contributed by atoms with Gasteiger partial charge in [-0.1, -0.05) is 12.1 Å². The number of nitrogens with two attached hydrogens (primary N) is 1. The lowest BCUT2D eigenvalue weighted by Crippen LogP contribution is -2.70. The highest BCUT2D eigenvalue weighted by Gasteiger charge is 2.48. The monoisotopic (exact) mass is 317 g/mol. The molecular formula is C18H27N3O2. The number of carbonyl (C=O) groups is 1. The Kier molecular flexibility index (Phi) is 4.23. The van der Waals surface area contributed by atoms with Gasteiger partial charge in [0.15, 0.2) is 0 Å². The van der Waals surface area contributed by atoms with Gasteiger partial charge < -0.3 is 15.4 Å². The second-order valence-corrected chi connectivity index (χ2v) is 7.54. The number of carbonyl (C=O) groups excluding carboxylic acids is 1. The molecule has 3 fully saturated rings. The van der Waals surface area contributed by atoms with Crippen molar-refractivity contribution in [1.29, 1.82) is 0 Å². The zero-order valence-corrected chi connectivity index (χ0v) is 14.3. The first-order valence-corrected chi connectivity index (χ1v) is 8.42. The molecule has 3 saturated heterocycles. The third kappa shape index (κ3) is 3.44. The summed E-state index contributed by atoms with van der Waals surface area (Å²) in [6, 6.07) is 9.16. The van der Waals surface area contributed by atoms with E-state index >= 15 is 0 Å². The minimum Gasteiger partial charge on any atom is -0.444 e. The minimum absolute atomic E-state index is 0.170. The molecule has 2 N–H and O–H groups in total. The Bertz CT molecular complexity index is 553. The van der Waals surface area contributed by atoms with Gasteiger partial charge in [0.2, 0.25) is 0 Å². The molecule has 0 saturated carbocycles. The molecule has 5 heteroatoms. The maximum absolute atomic E-state index is 12.3. The SMILES string of the molecule is CC(C)(C)OC(=O)N1C2CC1CN(c1ccc(CCN)cc1)C2. The summed E-state index contributed by atoms with van der Waals surface area (Å²) in [7, 11) is 0. The van der Waals surface area contributed by atoms with Gasteiger partial charge in [-0.15, -0.1) is 0 Å². The molecule has 4 rings (SSSR count). The van der Waals surface area contributed by atoms with Crippen LogP contribution in [0.5, 0.6) is 0 Å². The van der Waals surface area contributed by atoms with E-state index in [1.165, 1.54) is 11.3 Å². The van der Waals surface area contributed by atoms with E-state index in [1.807, 2.05) is 25.7 Å². The van der Waals surface area contributed by atoms with E-state index in [4.69, 9.17) is 10.5 Å². The van der Waals surface area contributed by atoms with Crippen molar-refractivity contribution < 1.29 is 9.53 Å². The number of hydrogen-bond donors (Lipinski definition) is 1. The molecule has 1 aromatic rings. The van der Waals surface area contributed by atoms with E-state index in [9.17, 15) is 4.79 Å². The molecule has 3 aliphatic rings. The number of piperidine rings is 1. The molecule has 0 radical (unpaired) electrons. The van der Waals surface area contributed by atoms with Crippen molar-refractivity contribution in [2.24, 2.45) is 5.73 Å². The number of anilines is 1. The number of rotatable bonds is 3. The third-order valence-corrected chi connectivity index (χ3v) is 4.53. The van der Waals surface area contributed by atoms with Gasteiger partial charge in [-0.25, -0.2) is 4.79 Å². The quantitative estimate of drug-likeness (QED) is 0.930. The Labute approximate surface area is 138 Å². The van der Waals surface area contributed by atoms with Crippen LogP contribution in [0.2, 0.25) is 0 Å². The highest BCUT2D eigenvalue weighted by atomic mass is 16.6. The summed E-state index contributed by atoms with van der Waals surface area (Å²) in [5.41, 5.74) is 7.66. The summed E-state index contributed by atoms with van der Waals surface area (Å²) in [6.07, 6.45) is 1.83. The first kappa shape index (κ1) is 16.1. The first-order chi connectivity index (χ1) is 10.9. The number of benzene rings is 1. The molecule has 0 spiro atoms. The molecule has 2 atom stereocenters. The fraction of sp³-hybridized carbons (Fsp3) is 0.611. The van der Waals surface area contributed by atoms with Crippen molar-refractivity contribution in [3.05, 3.63) is 29.8 Å². The van der Waals surface area contributed by atoms with E-state index < -0.39 is 5.60 Å². The summed E-state index contributed by atoms with van der Waals surface area (Å²) < 4.78 is 5.52. The van der Waals surface area contributed by atoms with E-state index in [2.05, 4.69) is 29.2 Å². The van der Waals surface area contributed by atoms with Gasteiger partial charge in [-0.3, -0.25) is 4.90 Å². The predicted molar refractivity (Wildman–Crippen MR) is 91.7 cm³/mol. The van der Waals surface area contributed by atoms with Crippen molar-refractivity contribution in [2.45, 2.75) is 51.3 Å². The molecule has 1 amide bonds. The largest absolute Gasteiger partial charge is 0.444 e. The second kappa shape index (κ2) is 6.04. The number of piperazine rings is 1. The van der Waals surface area contributed by atoms with Gasteiger partial charge in [0.1, 0.15) is 5.60 Å². The fourth-order valence-corrected chi connectivity index (χ4v) is 3.47. The maximum atomic E-state index is 12.3. The van der Waals surface area contributed by atoms with Crippen LogP contribution in [0.1, 0.15) is 32.8 Å². The molecular weight excluding hydrogens is 290 g/mol. The first-order valence-electron chi connectivity index (χ1n) is 8.42. The zero-order chi connectivity index (χ0) is 16.6. The van der Waals surface area contributed by atoms with Gasteiger partial charge in [0.25, 0.3) is 0 Å². The van der Waals surface area contributed by atoms with Crippen LogP contribution in [0, 0.1) is 0 Å². The Morgan fingerprint density at radius 2 is 1.83 bits per heavy atom. The Balaban J connectivity index is 1.61. The molecule has 0 aliphatic carbocycles. The standard InChI is InChI=1S/C18H27N3O2/c1-18(2,3)23-17(22)21-15-10-16(21)12-20(11-15)14-6-4-13(5-7-14)8-9-19/h4-7,15-16H,8-12,19H2,1-3H3. The lowest BCUT2D eigenvalue weighted by Gasteiger charge is -2.56. The van der Waals surface area contributed by atoms with Crippen molar-refractivity contribution in [1.82, 2.24) is 4.90 Å². The average Bonchev–Trinajstić information content (AvgIpc) is 2.46. The zero-order valence-electron chi connectivity index (χ0n) is 14.3. The van der Waals surface area contributed by atoms with Crippen LogP contribution >= 0.6 is 0 Å². The minimum atomic E-state index is -0.431. The molecule has 0 aromatic heterocycles. The van der Waals surface area contributed by atoms with Gasteiger partial charge >= 0.3 is 6.09 Å². The van der Waals surface area contributed by atoms with E-state index in [1.54, 1.807) is 0 Å². The Hall–Kier alpha value is -1.75. The second-order valence-electron chi connectivity index (χ2n) is 7.54. The fourth-order valence-electron chi connectivity index (χ4n) is 3.47. The molecule has 2 bridgehead atoms. The van der Waals surface area contributed by atoms with Gasteiger partial charge in [0.05, 0.1) is 12.1 Å². The molecule has 3 heterocycles. The van der Waals surface area contributed by atoms with Crippen LogP contribution < -0.4 is 10.6 Å². The van der Waals surface area contributed by atoms with Crippen molar-refractivity contribution in [2.75, 3.05) is 24.5 Å². The number of fused-ring (bicyclic) bond motifs is 2. The molecule has 126 valence electrons.